The SMILES string of the molecule is CC(C)Oc1ccc(C(c2ccc(OC(C)C)cc2)c2ccccc2C(=O)N2CCCCC2)cc1. The van der Waals surface area contributed by atoms with Crippen LogP contribution in [0.15, 0.2) is 72.8 Å². The quantitative estimate of drug-likeness (QED) is 0.330. The maximum absolute atomic E-state index is 13.6. The molecule has 4 heteroatoms. The molecule has 3 aromatic rings. The Hall–Kier alpha value is -3.27. The van der Waals surface area contributed by atoms with E-state index in [1.165, 1.54) is 6.42 Å². The van der Waals surface area contributed by atoms with Gasteiger partial charge < -0.3 is 14.4 Å². The smallest absolute Gasteiger partial charge is 0.254 e. The number of nitrogens with zero attached hydrogens (tertiary/aromatic N) is 1. The average molecular weight is 472 g/mol. The number of rotatable bonds is 8. The Labute approximate surface area is 209 Å². The summed E-state index contributed by atoms with van der Waals surface area (Å²) in [5, 5.41) is 0. The van der Waals surface area contributed by atoms with E-state index in [0.29, 0.717) is 0 Å². The molecule has 35 heavy (non-hydrogen) atoms. The van der Waals surface area contributed by atoms with E-state index in [-0.39, 0.29) is 24.0 Å². The van der Waals surface area contributed by atoms with Crippen LogP contribution in [0.3, 0.4) is 0 Å². The third-order valence-corrected chi connectivity index (χ3v) is 6.32. The predicted octanol–water partition coefficient (Wildman–Crippen LogP) is 7.07. The van der Waals surface area contributed by atoms with Gasteiger partial charge in [0.1, 0.15) is 11.5 Å². The van der Waals surface area contributed by atoms with Crippen molar-refractivity contribution in [2.45, 2.75) is 65.1 Å². The second kappa shape index (κ2) is 11.4. The second-order valence-corrected chi connectivity index (χ2v) is 9.84. The van der Waals surface area contributed by atoms with Gasteiger partial charge in [0.2, 0.25) is 0 Å². The Kier molecular flexibility index (Phi) is 8.12. The van der Waals surface area contributed by atoms with Gasteiger partial charge in [0.05, 0.1) is 12.2 Å². The van der Waals surface area contributed by atoms with E-state index >= 15 is 0 Å². The minimum absolute atomic E-state index is 0.0823. The van der Waals surface area contributed by atoms with Crippen LogP contribution in [0.2, 0.25) is 0 Å². The molecule has 0 aromatic heterocycles. The fourth-order valence-corrected chi connectivity index (χ4v) is 4.78. The van der Waals surface area contributed by atoms with Crippen molar-refractivity contribution in [2.24, 2.45) is 0 Å². The van der Waals surface area contributed by atoms with Crippen molar-refractivity contribution in [3.63, 3.8) is 0 Å². The lowest BCUT2D eigenvalue weighted by Gasteiger charge is -2.29. The molecule has 1 amide bonds. The summed E-state index contributed by atoms with van der Waals surface area (Å²) in [6.07, 6.45) is 3.59. The Balaban J connectivity index is 1.76. The molecule has 0 unspecified atom stereocenters. The highest BCUT2D eigenvalue weighted by Crippen LogP contribution is 2.36. The molecule has 1 saturated heterocycles. The lowest BCUT2D eigenvalue weighted by Crippen LogP contribution is -2.36. The first-order valence-electron chi connectivity index (χ1n) is 12.8. The molecule has 3 aromatic carbocycles. The standard InChI is InChI=1S/C31H37NO3/c1-22(2)34-26-16-12-24(13-17-26)30(25-14-18-27(19-15-25)35-23(3)4)28-10-6-7-11-29(28)31(33)32-20-8-5-9-21-32/h6-7,10-19,22-23,30H,5,8-9,20-21H2,1-4H3. The number of carbonyl (C=O) groups excluding carboxylic acids is 1. The number of hydrogen-bond acceptors (Lipinski definition) is 3. The second-order valence-electron chi connectivity index (χ2n) is 9.84. The molecular weight excluding hydrogens is 434 g/mol. The van der Waals surface area contributed by atoms with Gasteiger partial charge in [0.25, 0.3) is 5.91 Å². The molecule has 0 spiro atoms. The van der Waals surface area contributed by atoms with Crippen molar-refractivity contribution in [1.82, 2.24) is 4.90 Å². The van der Waals surface area contributed by atoms with Gasteiger partial charge in [-0.3, -0.25) is 4.79 Å². The van der Waals surface area contributed by atoms with Crippen molar-refractivity contribution in [2.75, 3.05) is 13.1 Å². The zero-order valence-electron chi connectivity index (χ0n) is 21.4. The highest BCUT2D eigenvalue weighted by Gasteiger charge is 2.26. The summed E-state index contributed by atoms with van der Waals surface area (Å²) < 4.78 is 11.8. The Bertz CT molecular complexity index is 1040. The topological polar surface area (TPSA) is 38.8 Å². The maximum atomic E-state index is 13.6. The fraction of sp³-hybridized carbons (Fsp3) is 0.387. The van der Waals surface area contributed by atoms with Crippen molar-refractivity contribution in [3.8, 4) is 11.5 Å². The molecule has 1 aliphatic rings. The molecule has 0 atom stereocenters. The molecule has 4 nitrogen and oxygen atoms in total. The number of ether oxygens (including phenoxy) is 2. The van der Waals surface area contributed by atoms with E-state index in [0.717, 1.165) is 59.7 Å². The lowest BCUT2D eigenvalue weighted by atomic mass is 9.82. The summed E-state index contributed by atoms with van der Waals surface area (Å²) in [7, 11) is 0. The van der Waals surface area contributed by atoms with Crippen molar-refractivity contribution in [1.29, 1.82) is 0 Å². The van der Waals surface area contributed by atoms with Crippen LogP contribution in [0.5, 0.6) is 11.5 Å². The third kappa shape index (κ3) is 6.25. The van der Waals surface area contributed by atoms with E-state index in [4.69, 9.17) is 9.47 Å². The molecule has 1 fully saturated rings. The molecule has 1 heterocycles. The monoisotopic (exact) mass is 471 g/mol. The minimum atomic E-state index is -0.0823. The zero-order valence-corrected chi connectivity index (χ0v) is 21.4. The summed E-state index contributed by atoms with van der Waals surface area (Å²) >= 11 is 0. The summed E-state index contributed by atoms with van der Waals surface area (Å²) in [5.41, 5.74) is 4.05. The van der Waals surface area contributed by atoms with Gasteiger partial charge in [-0.2, -0.15) is 0 Å². The number of likely N-dealkylation sites (tertiary alicyclic amines) is 1. The van der Waals surface area contributed by atoms with E-state index in [1.54, 1.807) is 0 Å². The van der Waals surface area contributed by atoms with Crippen molar-refractivity contribution in [3.05, 3.63) is 95.1 Å². The fourth-order valence-electron chi connectivity index (χ4n) is 4.78. The van der Waals surface area contributed by atoms with Gasteiger partial charge in [0, 0.05) is 24.6 Å². The average Bonchev–Trinajstić information content (AvgIpc) is 2.86. The molecule has 0 aliphatic carbocycles. The van der Waals surface area contributed by atoms with Crippen LogP contribution in [0, 0.1) is 0 Å². The van der Waals surface area contributed by atoms with Crippen LogP contribution in [0.4, 0.5) is 0 Å². The van der Waals surface area contributed by atoms with Crippen LogP contribution in [-0.4, -0.2) is 36.1 Å². The summed E-state index contributed by atoms with van der Waals surface area (Å²) in [5.74, 6) is 1.74. The largest absolute Gasteiger partial charge is 0.491 e. The molecule has 0 saturated carbocycles. The Morgan fingerprint density at radius 3 is 1.66 bits per heavy atom. The molecule has 1 aliphatic heterocycles. The minimum Gasteiger partial charge on any atom is -0.491 e. The van der Waals surface area contributed by atoms with Gasteiger partial charge >= 0.3 is 0 Å². The number of piperidine rings is 1. The van der Waals surface area contributed by atoms with Gasteiger partial charge in [0.15, 0.2) is 0 Å². The molecule has 184 valence electrons. The first-order chi connectivity index (χ1) is 16.9. The lowest BCUT2D eigenvalue weighted by molar-refractivity contribution is 0.0723. The van der Waals surface area contributed by atoms with Crippen LogP contribution in [0.1, 0.15) is 79.9 Å². The number of hydrogen-bond donors (Lipinski definition) is 0. The van der Waals surface area contributed by atoms with Gasteiger partial charge in [-0.1, -0.05) is 42.5 Å². The first-order valence-corrected chi connectivity index (χ1v) is 12.8. The van der Waals surface area contributed by atoms with Crippen LogP contribution in [-0.2, 0) is 0 Å². The Morgan fingerprint density at radius 1 is 0.686 bits per heavy atom. The van der Waals surface area contributed by atoms with Gasteiger partial charge in [-0.25, -0.2) is 0 Å². The molecular formula is C31H37NO3. The van der Waals surface area contributed by atoms with Crippen LogP contribution in [0.25, 0.3) is 0 Å². The summed E-state index contributed by atoms with van der Waals surface area (Å²) in [6, 6.07) is 24.6. The normalized spacial score (nSPS) is 14.0. The molecule has 0 radical (unpaired) electrons. The van der Waals surface area contributed by atoms with Gasteiger partial charge in [-0.05, 0) is 94.0 Å². The van der Waals surface area contributed by atoms with Crippen LogP contribution >= 0.6 is 0 Å². The third-order valence-electron chi connectivity index (χ3n) is 6.32. The number of benzene rings is 3. The molecule has 0 bridgehead atoms. The predicted molar refractivity (Wildman–Crippen MR) is 142 cm³/mol. The van der Waals surface area contributed by atoms with E-state index in [2.05, 4.69) is 30.3 Å². The maximum Gasteiger partial charge on any atom is 0.254 e. The van der Waals surface area contributed by atoms with E-state index < -0.39 is 0 Å². The Morgan fingerprint density at radius 2 is 1.17 bits per heavy atom. The van der Waals surface area contributed by atoms with E-state index in [9.17, 15) is 4.79 Å². The van der Waals surface area contributed by atoms with Gasteiger partial charge in [-0.15, -0.1) is 0 Å². The summed E-state index contributed by atoms with van der Waals surface area (Å²) in [6.45, 7) is 9.78. The van der Waals surface area contributed by atoms with E-state index in [1.807, 2.05) is 75.1 Å². The molecule has 0 N–H and O–H groups in total. The first kappa shape index (κ1) is 24.8. The van der Waals surface area contributed by atoms with Crippen molar-refractivity contribution >= 4 is 5.91 Å². The summed E-state index contributed by atoms with van der Waals surface area (Å²) in [4.78, 5) is 15.6. The highest BCUT2D eigenvalue weighted by atomic mass is 16.5. The number of amides is 1. The van der Waals surface area contributed by atoms with Crippen molar-refractivity contribution < 1.29 is 14.3 Å². The molecule has 4 rings (SSSR count). The van der Waals surface area contributed by atoms with Crippen LogP contribution < -0.4 is 9.47 Å². The number of carbonyl (C=O) groups is 1. The highest BCUT2D eigenvalue weighted by molar-refractivity contribution is 5.96. The zero-order chi connectivity index (χ0) is 24.8.